The van der Waals surface area contributed by atoms with Gasteiger partial charge >= 0.3 is 0 Å². The van der Waals surface area contributed by atoms with E-state index in [9.17, 15) is 9.90 Å². The van der Waals surface area contributed by atoms with Gasteiger partial charge in [-0.15, -0.1) is 0 Å². The number of anilines is 1. The number of carbonyl (C=O) groups excluding carboxylic acids is 1. The van der Waals surface area contributed by atoms with Crippen molar-refractivity contribution in [2.45, 2.75) is 19.9 Å². The summed E-state index contributed by atoms with van der Waals surface area (Å²) in [4.78, 5) is 13.0. The van der Waals surface area contributed by atoms with E-state index in [1.165, 1.54) is 13.2 Å². The Hall–Kier alpha value is -3.06. The number of nitrogens with one attached hydrogen (secondary N) is 3. The summed E-state index contributed by atoms with van der Waals surface area (Å²) in [5, 5.41) is 19.4. The monoisotopic (exact) mass is 383 g/mol. The SMILES string of the molecule is COc1cc([C@H]2NC(=S)NC(C)=C2C(=O)Nc2cccc(C)c2)ccc1O. The molecule has 3 rings (SSSR count). The fraction of sp³-hybridized carbons (Fsp3) is 0.200. The third-order valence-corrected chi connectivity index (χ3v) is 4.55. The van der Waals surface area contributed by atoms with Gasteiger partial charge < -0.3 is 25.8 Å². The van der Waals surface area contributed by atoms with Gasteiger partial charge in [0.15, 0.2) is 16.6 Å². The number of amides is 1. The van der Waals surface area contributed by atoms with E-state index in [1.54, 1.807) is 12.1 Å². The maximum absolute atomic E-state index is 13.0. The highest BCUT2D eigenvalue weighted by atomic mass is 32.1. The van der Waals surface area contributed by atoms with Crippen LogP contribution >= 0.6 is 12.2 Å². The number of ether oxygens (including phenoxy) is 1. The summed E-state index contributed by atoms with van der Waals surface area (Å²) >= 11 is 5.26. The van der Waals surface area contributed by atoms with Gasteiger partial charge in [0.1, 0.15) is 0 Å². The Morgan fingerprint density at radius 2 is 2.00 bits per heavy atom. The van der Waals surface area contributed by atoms with Gasteiger partial charge in [0.2, 0.25) is 0 Å². The average molecular weight is 383 g/mol. The fourth-order valence-corrected chi connectivity index (χ4v) is 3.31. The van der Waals surface area contributed by atoms with Crippen LogP contribution in [-0.2, 0) is 4.79 Å². The molecule has 1 heterocycles. The van der Waals surface area contributed by atoms with Crippen LogP contribution in [0.15, 0.2) is 53.7 Å². The van der Waals surface area contributed by atoms with Crippen LogP contribution in [0, 0.1) is 6.92 Å². The number of rotatable bonds is 4. The summed E-state index contributed by atoms with van der Waals surface area (Å²) in [5.41, 5.74) is 3.70. The van der Waals surface area contributed by atoms with Crippen LogP contribution in [0.3, 0.4) is 0 Å². The van der Waals surface area contributed by atoms with Gasteiger partial charge in [-0.2, -0.15) is 0 Å². The fourth-order valence-electron chi connectivity index (χ4n) is 3.04. The van der Waals surface area contributed by atoms with E-state index in [0.29, 0.717) is 22.1 Å². The molecule has 0 fully saturated rings. The first-order chi connectivity index (χ1) is 12.9. The number of hydrogen-bond acceptors (Lipinski definition) is 4. The predicted octanol–water partition coefficient (Wildman–Crippen LogP) is 3.14. The molecule has 7 heteroatoms. The van der Waals surface area contributed by atoms with Gasteiger partial charge in [0.05, 0.1) is 18.7 Å². The quantitative estimate of drug-likeness (QED) is 0.607. The Kier molecular flexibility index (Phi) is 5.32. The zero-order valence-corrected chi connectivity index (χ0v) is 16.1. The van der Waals surface area contributed by atoms with Gasteiger partial charge in [-0.3, -0.25) is 4.79 Å². The molecule has 140 valence electrons. The van der Waals surface area contributed by atoms with Crippen molar-refractivity contribution in [1.82, 2.24) is 10.6 Å². The van der Waals surface area contributed by atoms with Crippen molar-refractivity contribution in [3.63, 3.8) is 0 Å². The van der Waals surface area contributed by atoms with E-state index in [-0.39, 0.29) is 11.7 Å². The molecule has 0 spiro atoms. The Morgan fingerprint density at radius 3 is 2.70 bits per heavy atom. The molecule has 6 nitrogen and oxygen atoms in total. The van der Waals surface area contributed by atoms with E-state index in [0.717, 1.165) is 16.8 Å². The highest BCUT2D eigenvalue weighted by molar-refractivity contribution is 7.80. The zero-order valence-electron chi connectivity index (χ0n) is 15.3. The van der Waals surface area contributed by atoms with Crippen molar-refractivity contribution < 1.29 is 14.6 Å². The molecule has 1 amide bonds. The summed E-state index contributed by atoms with van der Waals surface area (Å²) in [6, 6.07) is 12.1. The minimum absolute atomic E-state index is 0.0317. The highest BCUT2D eigenvalue weighted by Gasteiger charge is 2.30. The second kappa shape index (κ2) is 7.67. The smallest absolute Gasteiger partial charge is 0.255 e. The number of methoxy groups -OCH3 is 1. The van der Waals surface area contributed by atoms with Crippen LogP contribution in [0.4, 0.5) is 5.69 Å². The van der Waals surface area contributed by atoms with Gasteiger partial charge in [-0.1, -0.05) is 18.2 Å². The molecule has 0 aliphatic carbocycles. The Labute approximate surface area is 163 Å². The molecule has 0 saturated heterocycles. The number of thiocarbonyl (C=S) groups is 1. The lowest BCUT2D eigenvalue weighted by atomic mass is 9.94. The summed E-state index contributed by atoms with van der Waals surface area (Å²) in [6.07, 6.45) is 0. The van der Waals surface area contributed by atoms with E-state index < -0.39 is 6.04 Å². The second-order valence-electron chi connectivity index (χ2n) is 6.33. The summed E-state index contributed by atoms with van der Waals surface area (Å²) in [7, 11) is 1.48. The van der Waals surface area contributed by atoms with Crippen LogP contribution in [0.25, 0.3) is 0 Å². The van der Waals surface area contributed by atoms with Gasteiger partial charge in [-0.25, -0.2) is 0 Å². The van der Waals surface area contributed by atoms with Crippen molar-refractivity contribution in [3.8, 4) is 11.5 Å². The molecule has 2 aromatic carbocycles. The molecular formula is C20H21N3O3S. The van der Waals surface area contributed by atoms with Gasteiger partial charge in [-0.05, 0) is 61.5 Å². The minimum Gasteiger partial charge on any atom is -0.504 e. The third-order valence-electron chi connectivity index (χ3n) is 4.33. The van der Waals surface area contributed by atoms with Gasteiger partial charge in [0.25, 0.3) is 5.91 Å². The van der Waals surface area contributed by atoms with Crippen molar-refractivity contribution >= 4 is 28.9 Å². The minimum atomic E-state index is -0.474. The van der Waals surface area contributed by atoms with Crippen molar-refractivity contribution in [2.24, 2.45) is 0 Å². The maximum Gasteiger partial charge on any atom is 0.255 e. The Bertz CT molecular complexity index is 940. The lowest BCUT2D eigenvalue weighted by Gasteiger charge is -2.30. The Morgan fingerprint density at radius 1 is 1.22 bits per heavy atom. The topological polar surface area (TPSA) is 82.6 Å². The first-order valence-corrected chi connectivity index (χ1v) is 8.83. The first kappa shape index (κ1) is 18.7. The van der Waals surface area contributed by atoms with Crippen molar-refractivity contribution in [3.05, 3.63) is 64.9 Å². The molecule has 0 aromatic heterocycles. The molecule has 27 heavy (non-hydrogen) atoms. The number of phenolic OH excluding ortho intramolecular Hbond substituents is 1. The lowest BCUT2D eigenvalue weighted by molar-refractivity contribution is -0.113. The molecule has 2 aromatic rings. The van der Waals surface area contributed by atoms with Crippen LogP contribution in [0.1, 0.15) is 24.1 Å². The standard InChI is InChI=1S/C20H21N3O3S/c1-11-5-4-6-14(9-11)22-19(25)17-12(2)21-20(27)23-18(17)13-7-8-15(24)16(10-13)26-3/h4-10,18,24H,1-3H3,(H,22,25)(H2,21,23,27)/t18-/m1/s1. The normalized spacial score (nSPS) is 16.4. The maximum atomic E-state index is 13.0. The predicted molar refractivity (Wildman–Crippen MR) is 109 cm³/mol. The third kappa shape index (κ3) is 4.03. The van der Waals surface area contributed by atoms with Crippen LogP contribution in [0.5, 0.6) is 11.5 Å². The Balaban J connectivity index is 1.98. The van der Waals surface area contributed by atoms with E-state index in [2.05, 4.69) is 16.0 Å². The lowest BCUT2D eigenvalue weighted by Crippen LogP contribution is -2.45. The van der Waals surface area contributed by atoms with E-state index in [1.807, 2.05) is 38.1 Å². The molecule has 0 saturated carbocycles. The molecule has 0 radical (unpaired) electrons. The molecule has 4 N–H and O–H groups in total. The summed E-state index contributed by atoms with van der Waals surface area (Å²) in [5.74, 6) is 0.122. The number of allylic oxidation sites excluding steroid dienone is 1. The molecule has 0 unspecified atom stereocenters. The zero-order chi connectivity index (χ0) is 19.6. The van der Waals surface area contributed by atoms with E-state index in [4.69, 9.17) is 17.0 Å². The molecule has 1 aliphatic rings. The summed E-state index contributed by atoms with van der Waals surface area (Å²) < 4.78 is 5.19. The largest absolute Gasteiger partial charge is 0.504 e. The van der Waals surface area contributed by atoms with Gasteiger partial charge in [0, 0.05) is 11.4 Å². The number of benzene rings is 2. The number of aryl methyl sites for hydroxylation is 1. The summed E-state index contributed by atoms with van der Waals surface area (Å²) in [6.45, 7) is 3.77. The second-order valence-corrected chi connectivity index (χ2v) is 6.73. The van der Waals surface area contributed by atoms with E-state index >= 15 is 0 Å². The molecule has 1 aliphatic heterocycles. The van der Waals surface area contributed by atoms with Crippen LogP contribution < -0.4 is 20.7 Å². The molecular weight excluding hydrogens is 362 g/mol. The number of carbonyl (C=O) groups is 1. The molecule has 0 bridgehead atoms. The highest BCUT2D eigenvalue weighted by Crippen LogP contribution is 2.33. The van der Waals surface area contributed by atoms with Crippen molar-refractivity contribution in [2.75, 3.05) is 12.4 Å². The molecule has 1 atom stereocenters. The van der Waals surface area contributed by atoms with Crippen LogP contribution in [-0.4, -0.2) is 23.2 Å². The van der Waals surface area contributed by atoms with Crippen molar-refractivity contribution in [1.29, 1.82) is 0 Å². The number of phenols is 1. The number of hydrogen-bond donors (Lipinski definition) is 4. The first-order valence-electron chi connectivity index (χ1n) is 8.42. The number of aromatic hydroxyl groups is 1. The average Bonchev–Trinajstić information content (AvgIpc) is 2.61. The van der Waals surface area contributed by atoms with Crippen LogP contribution in [0.2, 0.25) is 0 Å².